The quantitative estimate of drug-likeness (QED) is 0.731. The molecule has 3 heterocycles. The van der Waals surface area contributed by atoms with Gasteiger partial charge in [-0.2, -0.15) is 14.6 Å². The average Bonchev–Trinajstić information content (AvgIpc) is 2.72. The van der Waals surface area contributed by atoms with Crippen molar-refractivity contribution in [2.45, 2.75) is 26.0 Å². The molecule has 0 amide bonds. The monoisotopic (exact) mass is 219 g/mol. The van der Waals surface area contributed by atoms with E-state index in [4.69, 9.17) is 0 Å². The summed E-state index contributed by atoms with van der Waals surface area (Å²) in [6.07, 6.45) is 1.23. The van der Waals surface area contributed by atoms with Gasteiger partial charge in [-0.05, 0) is 13.8 Å². The molecule has 0 aromatic carbocycles. The largest absolute Gasteiger partial charge is 0.389 e. The van der Waals surface area contributed by atoms with Gasteiger partial charge in [-0.25, -0.2) is 4.98 Å². The molecule has 1 aliphatic heterocycles. The van der Waals surface area contributed by atoms with Gasteiger partial charge in [0.2, 0.25) is 0 Å². The molecule has 6 nitrogen and oxygen atoms in total. The molecule has 0 spiro atoms. The Hall–Kier alpha value is -1.69. The smallest absolute Gasteiger partial charge is 0.254 e. The Morgan fingerprint density at radius 1 is 1.50 bits per heavy atom. The van der Waals surface area contributed by atoms with Crippen molar-refractivity contribution in [3.05, 3.63) is 18.1 Å². The highest BCUT2D eigenvalue weighted by atomic mass is 16.3. The highest BCUT2D eigenvalue weighted by Gasteiger charge is 2.35. The molecule has 0 saturated carbocycles. The molecule has 1 fully saturated rings. The zero-order chi connectivity index (χ0) is 11.3. The van der Waals surface area contributed by atoms with E-state index >= 15 is 0 Å². The van der Waals surface area contributed by atoms with Gasteiger partial charge >= 0.3 is 0 Å². The van der Waals surface area contributed by atoms with E-state index < -0.39 is 0 Å². The molecule has 1 N–H and O–H groups in total. The Kier molecular flexibility index (Phi) is 1.88. The Morgan fingerprint density at radius 3 is 3.00 bits per heavy atom. The van der Waals surface area contributed by atoms with Gasteiger partial charge in [-0.3, -0.25) is 0 Å². The van der Waals surface area contributed by atoms with Crippen molar-refractivity contribution < 1.29 is 5.11 Å². The molecule has 2 unspecified atom stereocenters. The molecule has 0 radical (unpaired) electrons. The van der Waals surface area contributed by atoms with E-state index in [0.29, 0.717) is 12.3 Å². The predicted molar refractivity (Wildman–Crippen MR) is 58.3 cm³/mol. The molecule has 0 aliphatic carbocycles. The fourth-order valence-electron chi connectivity index (χ4n) is 2.01. The van der Waals surface area contributed by atoms with Crippen LogP contribution >= 0.6 is 0 Å². The summed E-state index contributed by atoms with van der Waals surface area (Å²) in [5.41, 5.74) is 0.907. The van der Waals surface area contributed by atoms with E-state index in [1.165, 1.54) is 6.33 Å². The highest BCUT2D eigenvalue weighted by Crippen LogP contribution is 2.26. The molecule has 84 valence electrons. The summed E-state index contributed by atoms with van der Waals surface area (Å²) in [6.45, 7) is 4.56. The minimum absolute atomic E-state index is 0.120. The fraction of sp³-hybridized carbons (Fsp3) is 0.500. The molecule has 6 heteroatoms. The summed E-state index contributed by atoms with van der Waals surface area (Å²) < 4.78 is 1.70. The number of aliphatic hydroxyl groups excluding tert-OH is 1. The van der Waals surface area contributed by atoms with Gasteiger partial charge in [0.15, 0.2) is 0 Å². The molecular weight excluding hydrogens is 206 g/mol. The maximum atomic E-state index is 9.54. The fourth-order valence-corrected chi connectivity index (χ4v) is 2.01. The number of hydrogen-bond acceptors (Lipinski definition) is 5. The SMILES string of the molecule is Cc1cc(N2CC(O)C2C)n2ncnc2n1. The Balaban J connectivity index is 2.12. The van der Waals surface area contributed by atoms with Crippen LogP contribution in [0.4, 0.5) is 5.82 Å². The van der Waals surface area contributed by atoms with Gasteiger partial charge in [-0.15, -0.1) is 0 Å². The van der Waals surface area contributed by atoms with Crippen LogP contribution < -0.4 is 4.90 Å². The van der Waals surface area contributed by atoms with Gasteiger partial charge in [0.05, 0.1) is 12.1 Å². The molecule has 3 rings (SSSR count). The third kappa shape index (κ3) is 1.19. The lowest BCUT2D eigenvalue weighted by atomic mass is 10.0. The maximum Gasteiger partial charge on any atom is 0.254 e. The molecule has 2 aromatic rings. The zero-order valence-electron chi connectivity index (χ0n) is 9.20. The van der Waals surface area contributed by atoms with Gasteiger partial charge in [0.25, 0.3) is 5.78 Å². The first-order chi connectivity index (χ1) is 7.66. The van der Waals surface area contributed by atoms with Gasteiger partial charge < -0.3 is 10.0 Å². The van der Waals surface area contributed by atoms with Gasteiger partial charge in [-0.1, -0.05) is 0 Å². The van der Waals surface area contributed by atoms with E-state index in [-0.39, 0.29) is 12.1 Å². The number of aliphatic hydroxyl groups is 1. The number of fused-ring (bicyclic) bond motifs is 1. The molecule has 2 aromatic heterocycles. The van der Waals surface area contributed by atoms with E-state index in [1.807, 2.05) is 19.9 Å². The standard InChI is InChI=1S/C10H13N5O/c1-6-3-9(14-4-8(16)7(14)2)15-10(13-6)11-5-12-15/h3,5,7-8,16H,4H2,1-2H3. The van der Waals surface area contributed by atoms with Crippen molar-refractivity contribution in [2.75, 3.05) is 11.4 Å². The first-order valence-electron chi connectivity index (χ1n) is 5.29. The Labute approximate surface area is 92.5 Å². The van der Waals surface area contributed by atoms with Crippen LogP contribution in [0.25, 0.3) is 5.78 Å². The topological polar surface area (TPSA) is 66.5 Å². The maximum absolute atomic E-state index is 9.54. The minimum Gasteiger partial charge on any atom is -0.389 e. The lowest BCUT2D eigenvalue weighted by molar-refractivity contribution is 0.0983. The summed E-state index contributed by atoms with van der Waals surface area (Å²) in [5.74, 6) is 1.54. The lowest BCUT2D eigenvalue weighted by Gasteiger charge is -2.44. The third-order valence-corrected chi connectivity index (χ3v) is 3.09. The van der Waals surface area contributed by atoms with Crippen LogP contribution in [-0.4, -0.2) is 43.4 Å². The summed E-state index contributed by atoms with van der Waals surface area (Å²) in [4.78, 5) is 10.5. The normalized spacial score (nSPS) is 24.8. The van der Waals surface area contributed by atoms with E-state index in [9.17, 15) is 5.11 Å². The first kappa shape index (κ1) is 9.53. The van der Waals surface area contributed by atoms with E-state index in [0.717, 1.165) is 11.5 Å². The molecule has 2 atom stereocenters. The summed E-state index contributed by atoms with van der Waals surface area (Å²) in [5, 5.41) is 13.7. The second kappa shape index (κ2) is 3.15. The molecule has 1 aliphatic rings. The summed E-state index contributed by atoms with van der Waals surface area (Å²) in [6, 6.07) is 2.08. The second-order valence-electron chi connectivity index (χ2n) is 4.19. The highest BCUT2D eigenvalue weighted by molar-refractivity contribution is 5.50. The van der Waals surface area contributed by atoms with Crippen molar-refractivity contribution in [1.82, 2.24) is 19.6 Å². The zero-order valence-corrected chi connectivity index (χ0v) is 9.20. The number of aryl methyl sites for hydroxylation is 1. The lowest BCUT2D eigenvalue weighted by Crippen LogP contribution is -2.59. The number of hydrogen-bond donors (Lipinski definition) is 1. The Bertz CT molecular complexity index is 537. The summed E-state index contributed by atoms with van der Waals surface area (Å²) >= 11 is 0. The predicted octanol–water partition coefficient (Wildman–Crippen LogP) is 0.00212. The average molecular weight is 219 g/mol. The molecule has 0 bridgehead atoms. The van der Waals surface area contributed by atoms with Crippen molar-refractivity contribution in [3.8, 4) is 0 Å². The van der Waals surface area contributed by atoms with Crippen LogP contribution in [0.2, 0.25) is 0 Å². The van der Waals surface area contributed by atoms with Crippen LogP contribution in [0.1, 0.15) is 12.6 Å². The van der Waals surface area contributed by atoms with Crippen molar-refractivity contribution in [2.24, 2.45) is 0 Å². The first-order valence-corrected chi connectivity index (χ1v) is 5.29. The second-order valence-corrected chi connectivity index (χ2v) is 4.19. The van der Waals surface area contributed by atoms with Gasteiger partial charge in [0, 0.05) is 18.3 Å². The van der Waals surface area contributed by atoms with Crippen LogP contribution in [0, 0.1) is 6.92 Å². The number of β-amino-alcohol motifs (C(OH)–C–C–N with tert-alkyl or cyclic N) is 1. The van der Waals surface area contributed by atoms with Crippen LogP contribution in [0.3, 0.4) is 0 Å². The van der Waals surface area contributed by atoms with Crippen molar-refractivity contribution in [1.29, 1.82) is 0 Å². The van der Waals surface area contributed by atoms with E-state index in [1.54, 1.807) is 4.52 Å². The minimum atomic E-state index is -0.257. The third-order valence-electron chi connectivity index (χ3n) is 3.09. The summed E-state index contributed by atoms with van der Waals surface area (Å²) in [7, 11) is 0. The Morgan fingerprint density at radius 2 is 2.31 bits per heavy atom. The molecule has 1 saturated heterocycles. The van der Waals surface area contributed by atoms with Crippen LogP contribution in [0.15, 0.2) is 12.4 Å². The molecular formula is C10H13N5O. The van der Waals surface area contributed by atoms with Gasteiger partial charge in [0.1, 0.15) is 12.1 Å². The van der Waals surface area contributed by atoms with Crippen molar-refractivity contribution in [3.63, 3.8) is 0 Å². The molecule has 16 heavy (non-hydrogen) atoms. The van der Waals surface area contributed by atoms with E-state index in [2.05, 4.69) is 20.0 Å². The number of rotatable bonds is 1. The van der Waals surface area contributed by atoms with Crippen molar-refractivity contribution >= 4 is 11.6 Å². The number of aromatic nitrogens is 4. The number of nitrogens with zero attached hydrogens (tertiary/aromatic N) is 5. The number of anilines is 1. The van der Waals surface area contributed by atoms with Crippen LogP contribution in [0.5, 0.6) is 0 Å². The van der Waals surface area contributed by atoms with Crippen LogP contribution in [-0.2, 0) is 0 Å².